The number of thiophene rings is 1. The number of carbonyl (C=O) groups is 1. The van der Waals surface area contributed by atoms with Crippen LogP contribution in [0.1, 0.15) is 26.6 Å². The number of aromatic amines is 1. The number of aromatic nitrogens is 2. The summed E-state index contributed by atoms with van der Waals surface area (Å²) in [5.74, 6) is -2.80. The first-order valence-electron chi connectivity index (χ1n) is 6.56. The van der Waals surface area contributed by atoms with E-state index in [2.05, 4.69) is 9.97 Å². The fraction of sp³-hybridized carbons (Fsp3) is 0.133. The molecule has 3 rings (SSSR count). The van der Waals surface area contributed by atoms with Crippen LogP contribution in [0.25, 0.3) is 10.2 Å². The summed E-state index contributed by atoms with van der Waals surface area (Å²) in [4.78, 5) is 30.4. The highest BCUT2D eigenvalue weighted by atomic mass is 32.1. The van der Waals surface area contributed by atoms with E-state index >= 15 is 0 Å². The van der Waals surface area contributed by atoms with Gasteiger partial charge in [0, 0.05) is 6.42 Å². The van der Waals surface area contributed by atoms with Crippen LogP contribution in [0.5, 0.6) is 0 Å². The molecule has 0 radical (unpaired) electrons. The molecule has 23 heavy (non-hydrogen) atoms. The van der Waals surface area contributed by atoms with Gasteiger partial charge in [0.15, 0.2) is 11.6 Å². The maximum Gasteiger partial charge on any atom is 0.346 e. The Morgan fingerprint density at radius 3 is 2.74 bits per heavy atom. The van der Waals surface area contributed by atoms with Crippen molar-refractivity contribution >= 4 is 27.5 Å². The summed E-state index contributed by atoms with van der Waals surface area (Å²) < 4.78 is 26.2. The lowest BCUT2D eigenvalue weighted by Crippen LogP contribution is -2.12. The Kier molecular flexibility index (Phi) is 3.69. The lowest BCUT2D eigenvalue weighted by molar-refractivity contribution is 0.0701. The molecule has 2 N–H and O–H groups in total. The van der Waals surface area contributed by atoms with E-state index in [0.29, 0.717) is 16.0 Å². The Bertz CT molecular complexity index is 994. The van der Waals surface area contributed by atoms with Gasteiger partial charge in [-0.15, -0.1) is 11.3 Å². The molecule has 5 nitrogen and oxygen atoms in total. The first kappa shape index (κ1) is 15.3. The zero-order chi connectivity index (χ0) is 16.7. The molecule has 2 aromatic heterocycles. The van der Waals surface area contributed by atoms with Gasteiger partial charge in [0.25, 0.3) is 5.56 Å². The molecule has 118 valence electrons. The first-order chi connectivity index (χ1) is 10.9. The van der Waals surface area contributed by atoms with Crippen LogP contribution in [0.4, 0.5) is 8.78 Å². The molecule has 0 unspecified atom stereocenters. The molecule has 8 heteroatoms. The fourth-order valence-corrected chi connectivity index (χ4v) is 3.36. The number of hydrogen-bond donors (Lipinski definition) is 2. The van der Waals surface area contributed by atoms with Crippen LogP contribution < -0.4 is 5.56 Å². The lowest BCUT2D eigenvalue weighted by Gasteiger charge is -2.02. The summed E-state index contributed by atoms with van der Waals surface area (Å²) in [7, 11) is 0. The van der Waals surface area contributed by atoms with E-state index in [4.69, 9.17) is 5.11 Å². The number of halogens is 2. The lowest BCUT2D eigenvalue weighted by atomic mass is 10.1. The van der Waals surface area contributed by atoms with Crippen molar-refractivity contribution in [2.24, 2.45) is 0 Å². The number of nitrogens with zero attached hydrogens (tertiary/aromatic N) is 1. The van der Waals surface area contributed by atoms with Crippen molar-refractivity contribution in [1.29, 1.82) is 0 Å². The van der Waals surface area contributed by atoms with Crippen molar-refractivity contribution < 1.29 is 18.7 Å². The second kappa shape index (κ2) is 5.54. The zero-order valence-electron chi connectivity index (χ0n) is 11.8. The SMILES string of the molecule is Cc1c(C(=O)O)sc2nc(Cc3ccc(F)c(F)c3)[nH]c(=O)c12. The van der Waals surface area contributed by atoms with Gasteiger partial charge in [0.2, 0.25) is 0 Å². The number of fused-ring (bicyclic) bond motifs is 1. The van der Waals surface area contributed by atoms with E-state index < -0.39 is 23.2 Å². The van der Waals surface area contributed by atoms with Crippen molar-refractivity contribution in [1.82, 2.24) is 9.97 Å². The van der Waals surface area contributed by atoms with Gasteiger partial charge in [-0.05, 0) is 30.2 Å². The number of nitrogens with one attached hydrogen (secondary N) is 1. The Labute approximate surface area is 132 Å². The summed E-state index contributed by atoms with van der Waals surface area (Å²) >= 11 is 0.912. The van der Waals surface area contributed by atoms with Gasteiger partial charge in [0.1, 0.15) is 15.5 Å². The standard InChI is InChI=1S/C15H10F2N2O3S/c1-6-11-13(20)18-10(19-14(11)23-12(6)15(21)22)5-7-2-3-8(16)9(17)4-7/h2-4H,5H2,1H3,(H,21,22)(H,18,19,20). The molecule has 0 aliphatic carbocycles. The van der Waals surface area contributed by atoms with Crippen LogP contribution in [0.3, 0.4) is 0 Å². The quantitative estimate of drug-likeness (QED) is 0.770. The largest absolute Gasteiger partial charge is 0.477 e. The van der Waals surface area contributed by atoms with Crippen LogP contribution in [0, 0.1) is 18.6 Å². The highest BCUT2D eigenvalue weighted by Crippen LogP contribution is 2.27. The smallest absolute Gasteiger partial charge is 0.346 e. The van der Waals surface area contributed by atoms with Crippen LogP contribution in [0.2, 0.25) is 0 Å². The van der Waals surface area contributed by atoms with E-state index in [0.717, 1.165) is 23.5 Å². The minimum atomic E-state index is -1.12. The molecule has 0 atom stereocenters. The van der Waals surface area contributed by atoms with E-state index in [1.807, 2.05) is 0 Å². The van der Waals surface area contributed by atoms with Gasteiger partial charge < -0.3 is 10.1 Å². The van der Waals surface area contributed by atoms with Crippen LogP contribution in [-0.4, -0.2) is 21.0 Å². The van der Waals surface area contributed by atoms with Crippen molar-refractivity contribution in [2.45, 2.75) is 13.3 Å². The first-order valence-corrected chi connectivity index (χ1v) is 7.38. The summed E-state index contributed by atoms with van der Waals surface area (Å²) in [5.41, 5.74) is 0.359. The van der Waals surface area contributed by atoms with E-state index in [9.17, 15) is 18.4 Å². The van der Waals surface area contributed by atoms with Gasteiger partial charge in [0.05, 0.1) is 5.39 Å². The van der Waals surface area contributed by atoms with Crippen molar-refractivity contribution in [2.75, 3.05) is 0 Å². The molecule has 1 aromatic carbocycles. The van der Waals surface area contributed by atoms with Crippen molar-refractivity contribution in [3.8, 4) is 0 Å². The zero-order valence-corrected chi connectivity index (χ0v) is 12.6. The minimum Gasteiger partial charge on any atom is -0.477 e. The van der Waals surface area contributed by atoms with Gasteiger partial charge in [-0.2, -0.15) is 0 Å². The van der Waals surface area contributed by atoms with Gasteiger partial charge >= 0.3 is 5.97 Å². The number of rotatable bonds is 3. The second-order valence-corrected chi connectivity index (χ2v) is 5.98. The molecule has 3 aromatic rings. The molecule has 0 saturated heterocycles. The van der Waals surface area contributed by atoms with Crippen LogP contribution in [-0.2, 0) is 6.42 Å². The van der Waals surface area contributed by atoms with Crippen molar-refractivity contribution in [3.63, 3.8) is 0 Å². The summed E-state index contributed by atoms with van der Waals surface area (Å²) in [6.07, 6.45) is 0.0989. The predicted octanol–water partition coefficient (Wildman–Crippen LogP) is 2.86. The molecule has 0 spiro atoms. The van der Waals surface area contributed by atoms with E-state index in [1.165, 1.54) is 6.07 Å². The molecule has 2 heterocycles. The van der Waals surface area contributed by atoms with E-state index in [1.54, 1.807) is 6.92 Å². The average molecular weight is 336 g/mol. The molecular weight excluding hydrogens is 326 g/mol. The van der Waals surface area contributed by atoms with Crippen molar-refractivity contribution in [3.05, 3.63) is 62.0 Å². The highest BCUT2D eigenvalue weighted by molar-refractivity contribution is 7.20. The molecule has 0 amide bonds. The Balaban J connectivity index is 2.07. The van der Waals surface area contributed by atoms with Gasteiger partial charge in [-0.25, -0.2) is 18.6 Å². The monoisotopic (exact) mass is 336 g/mol. The number of benzene rings is 1. The minimum absolute atomic E-state index is 0.0583. The number of aromatic carboxylic acids is 1. The third-order valence-corrected chi connectivity index (χ3v) is 4.57. The highest BCUT2D eigenvalue weighted by Gasteiger charge is 2.18. The fourth-order valence-electron chi connectivity index (χ4n) is 2.32. The van der Waals surface area contributed by atoms with Crippen LogP contribution in [0.15, 0.2) is 23.0 Å². The molecular formula is C15H10F2N2O3S. The molecule has 0 bridgehead atoms. The summed E-state index contributed by atoms with van der Waals surface area (Å²) in [6.45, 7) is 1.55. The van der Waals surface area contributed by atoms with Crippen LogP contribution >= 0.6 is 11.3 Å². The number of carboxylic acid groups (broad SMARTS) is 1. The number of carboxylic acids is 1. The summed E-state index contributed by atoms with van der Waals surface area (Å²) in [5, 5.41) is 9.35. The normalized spacial score (nSPS) is 11.1. The number of hydrogen-bond acceptors (Lipinski definition) is 4. The van der Waals surface area contributed by atoms with Gasteiger partial charge in [-0.1, -0.05) is 6.07 Å². The molecule has 0 aliphatic rings. The average Bonchev–Trinajstić information content (AvgIpc) is 2.80. The Morgan fingerprint density at radius 2 is 2.09 bits per heavy atom. The molecule has 0 aliphatic heterocycles. The maximum atomic E-state index is 13.2. The Hall–Kier alpha value is -2.61. The predicted molar refractivity (Wildman–Crippen MR) is 81.1 cm³/mol. The third-order valence-electron chi connectivity index (χ3n) is 3.40. The molecule has 0 fully saturated rings. The third kappa shape index (κ3) is 2.72. The van der Waals surface area contributed by atoms with E-state index in [-0.39, 0.29) is 22.5 Å². The maximum absolute atomic E-state index is 13.2. The topological polar surface area (TPSA) is 83.0 Å². The Morgan fingerprint density at radius 1 is 1.35 bits per heavy atom. The number of aryl methyl sites for hydroxylation is 1. The number of H-pyrrole nitrogens is 1. The second-order valence-electron chi connectivity index (χ2n) is 4.98. The molecule has 0 saturated carbocycles. The summed E-state index contributed by atoms with van der Waals surface area (Å²) in [6, 6.07) is 3.42. The van der Waals surface area contributed by atoms with Gasteiger partial charge in [-0.3, -0.25) is 4.79 Å².